The standard InChI is InChI=1S/C27H23ClF3NO5/c1-4-34-26(33)25-24(28)23-20(32-25)13-14-21(22(23)16-5-7-17(8-6-16)35-15(2)3)36-18-9-11-19(12-10-18)37-27(29,30)31/h5-15,32H,4H2,1-3H3. The van der Waals surface area contributed by atoms with Crippen LogP contribution in [0.3, 0.4) is 0 Å². The molecular weight excluding hydrogens is 511 g/mol. The molecule has 10 heteroatoms. The predicted molar refractivity (Wildman–Crippen MR) is 134 cm³/mol. The number of halogens is 4. The molecule has 0 fully saturated rings. The van der Waals surface area contributed by atoms with E-state index >= 15 is 0 Å². The van der Waals surface area contributed by atoms with Gasteiger partial charge in [-0.2, -0.15) is 0 Å². The molecule has 0 spiro atoms. The van der Waals surface area contributed by atoms with Gasteiger partial charge in [-0.15, -0.1) is 13.2 Å². The van der Waals surface area contributed by atoms with Crippen LogP contribution in [0.2, 0.25) is 5.02 Å². The molecule has 1 heterocycles. The van der Waals surface area contributed by atoms with Crippen molar-refractivity contribution in [2.24, 2.45) is 0 Å². The Balaban J connectivity index is 1.80. The van der Waals surface area contributed by atoms with Gasteiger partial charge in [-0.25, -0.2) is 4.79 Å². The van der Waals surface area contributed by atoms with Crippen molar-refractivity contribution in [3.05, 3.63) is 71.4 Å². The number of carbonyl (C=O) groups is 1. The van der Waals surface area contributed by atoms with E-state index in [1.807, 2.05) is 26.0 Å². The van der Waals surface area contributed by atoms with Crippen LogP contribution in [0.4, 0.5) is 13.2 Å². The van der Waals surface area contributed by atoms with Crippen molar-refractivity contribution in [3.63, 3.8) is 0 Å². The number of H-pyrrole nitrogens is 1. The Hall–Kier alpha value is -3.85. The van der Waals surface area contributed by atoms with Gasteiger partial charge in [-0.05, 0) is 74.9 Å². The molecule has 0 aliphatic heterocycles. The van der Waals surface area contributed by atoms with Crippen LogP contribution in [0.25, 0.3) is 22.0 Å². The first-order valence-electron chi connectivity index (χ1n) is 11.4. The number of hydrogen-bond acceptors (Lipinski definition) is 5. The normalized spacial score (nSPS) is 11.6. The summed E-state index contributed by atoms with van der Waals surface area (Å²) in [5, 5.41) is 0.683. The van der Waals surface area contributed by atoms with Gasteiger partial charge in [0, 0.05) is 16.5 Å². The number of esters is 1. The van der Waals surface area contributed by atoms with E-state index in [1.165, 1.54) is 12.1 Å². The molecule has 1 N–H and O–H groups in total. The van der Waals surface area contributed by atoms with Crippen LogP contribution in [0.1, 0.15) is 31.3 Å². The van der Waals surface area contributed by atoms with Crippen molar-refractivity contribution in [2.75, 3.05) is 6.61 Å². The van der Waals surface area contributed by atoms with Gasteiger partial charge < -0.3 is 23.9 Å². The molecule has 6 nitrogen and oxygen atoms in total. The van der Waals surface area contributed by atoms with Crippen molar-refractivity contribution < 1.29 is 36.9 Å². The van der Waals surface area contributed by atoms with Crippen LogP contribution in [0.15, 0.2) is 60.7 Å². The highest BCUT2D eigenvalue weighted by molar-refractivity contribution is 6.39. The number of benzene rings is 3. The summed E-state index contributed by atoms with van der Waals surface area (Å²) in [6, 6.07) is 15.7. The Morgan fingerprint density at radius 3 is 2.16 bits per heavy atom. The lowest BCUT2D eigenvalue weighted by atomic mass is 10.00. The van der Waals surface area contributed by atoms with E-state index < -0.39 is 12.3 Å². The number of nitrogens with one attached hydrogen (secondary N) is 1. The Bertz CT molecular complexity index is 1400. The topological polar surface area (TPSA) is 69.8 Å². The minimum atomic E-state index is -4.80. The summed E-state index contributed by atoms with van der Waals surface area (Å²) in [6.07, 6.45) is -4.81. The number of aromatic nitrogens is 1. The smallest absolute Gasteiger partial charge is 0.491 e. The highest BCUT2D eigenvalue weighted by Gasteiger charge is 2.31. The molecular formula is C27H23ClF3NO5. The number of hydrogen-bond donors (Lipinski definition) is 1. The molecule has 0 aliphatic rings. The molecule has 0 atom stereocenters. The molecule has 0 radical (unpaired) electrons. The van der Waals surface area contributed by atoms with E-state index in [1.54, 1.807) is 31.2 Å². The van der Waals surface area contributed by atoms with E-state index in [4.69, 9.17) is 25.8 Å². The quantitative estimate of drug-likeness (QED) is 0.231. The van der Waals surface area contributed by atoms with E-state index in [2.05, 4.69) is 9.72 Å². The molecule has 3 aromatic carbocycles. The molecule has 0 bridgehead atoms. The van der Waals surface area contributed by atoms with Crippen LogP contribution in [0, 0.1) is 0 Å². The molecule has 0 amide bonds. The highest BCUT2D eigenvalue weighted by atomic mass is 35.5. The van der Waals surface area contributed by atoms with E-state index in [0.29, 0.717) is 33.5 Å². The van der Waals surface area contributed by atoms with Crippen LogP contribution >= 0.6 is 11.6 Å². The number of carbonyl (C=O) groups excluding carboxylic acids is 1. The lowest BCUT2D eigenvalue weighted by Crippen LogP contribution is -2.16. The predicted octanol–water partition coefficient (Wildman–Crippen LogP) is 8.14. The zero-order chi connectivity index (χ0) is 26.7. The zero-order valence-corrected chi connectivity index (χ0v) is 20.9. The first-order valence-corrected chi connectivity index (χ1v) is 11.8. The Labute approximate surface area is 215 Å². The van der Waals surface area contributed by atoms with Gasteiger partial charge in [-0.1, -0.05) is 23.7 Å². The van der Waals surface area contributed by atoms with Gasteiger partial charge in [0.1, 0.15) is 28.7 Å². The number of rotatable bonds is 8. The molecule has 4 aromatic rings. The number of alkyl halides is 3. The van der Waals surface area contributed by atoms with Crippen LogP contribution in [-0.4, -0.2) is 30.0 Å². The third kappa shape index (κ3) is 6.11. The minimum Gasteiger partial charge on any atom is -0.491 e. The first kappa shape index (κ1) is 26.2. The van der Waals surface area contributed by atoms with Gasteiger partial charge in [-0.3, -0.25) is 0 Å². The van der Waals surface area contributed by atoms with Crippen molar-refractivity contribution in [3.8, 4) is 34.1 Å². The summed E-state index contributed by atoms with van der Waals surface area (Å²) in [5.74, 6) is 0.334. The van der Waals surface area contributed by atoms with E-state index in [9.17, 15) is 18.0 Å². The van der Waals surface area contributed by atoms with Gasteiger partial charge in [0.2, 0.25) is 0 Å². The fourth-order valence-corrected chi connectivity index (χ4v) is 4.08. The maximum Gasteiger partial charge on any atom is 0.573 e. The minimum absolute atomic E-state index is 0.0104. The van der Waals surface area contributed by atoms with Crippen molar-refractivity contribution >= 4 is 28.5 Å². The zero-order valence-electron chi connectivity index (χ0n) is 20.1. The monoisotopic (exact) mass is 533 g/mol. The fraction of sp³-hybridized carbons (Fsp3) is 0.222. The second-order valence-electron chi connectivity index (χ2n) is 8.21. The second-order valence-corrected chi connectivity index (χ2v) is 8.59. The Morgan fingerprint density at radius 1 is 0.946 bits per heavy atom. The van der Waals surface area contributed by atoms with Crippen molar-refractivity contribution in [1.29, 1.82) is 0 Å². The third-order valence-corrected chi connectivity index (χ3v) is 5.52. The van der Waals surface area contributed by atoms with Crippen LogP contribution in [0.5, 0.6) is 23.0 Å². The van der Waals surface area contributed by atoms with Gasteiger partial charge >= 0.3 is 12.3 Å². The summed E-state index contributed by atoms with van der Waals surface area (Å²) in [4.78, 5) is 15.5. The molecule has 0 aliphatic carbocycles. The number of ether oxygens (including phenoxy) is 4. The summed E-state index contributed by atoms with van der Waals surface area (Å²) < 4.78 is 58.4. The number of aromatic amines is 1. The maximum absolute atomic E-state index is 12.5. The fourth-order valence-electron chi connectivity index (χ4n) is 3.75. The molecule has 1 aromatic heterocycles. The molecule has 0 saturated carbocycles. The summed E-state index contributed by atoms with van der Waals surface area (Å²) in [6.45, 7) is 5.71. The maximum atomic E-state index is 12.5. The van der Waals surface area contributed by atoms with Crippen LogP contribution < -0.4 is 14.2 Å². The lowest BCUT2D eigenvalue weighted by Gasteiger charge is -2.15. The first-order chi connectivity index (χ1) is 17.6. The largest absolute Gasteiger partial charge is 0.573 e. The number of fused-ring (bicyclic) bond motifs is 1. The Kier molecular flexibility index (Phi) is 7.54. The lowest BCUT2D eigenvalue weighted by molar-refractivity contribution is -0.274. The second kappa shape index (κ2) is 10.6. The third-order valence-electron chi connectivity index (χ3n) is 5.15. The Morgan fingerprint density at radius 2 is 1.57 bits per heavy atom. The average Bonchev–Trinajstić information content (AvgIpc) is 3.16. The van der Waals surface area contributed by atoms with Gasteiger partial charge in [0.05, 0.1) is 17.7 Å². The average molecular weight is 534 g/mol. The summed E-state index contributed by atoms with van der Waals surface area (Å²) in [7, 11) is 0. The molecule has 4 rings (SSSR count). The summed E-state index contributed by atoms with van der Waals surface area (Å²) >= 11 is 6.66. The molecule has 0 saturated heterocycles. The van der Waals surface area contributed by atoms with E-state index in [-0.39, 0.29) is 34.9 Å². The van der Waals surface area contributed by atoms with Gasteiger partial charge in [0.15, 0.2) is 0 Å². The van der Waals surface area contributed by atoms with Crippen molar-refractivity contribution in [2.45, 2.75) is 33.2 Å². The van der Waals surface area contributed by atoms with Crippen LogP contribution in [-0.2, 0) is 4.74 Å². The van der Waals surface area contributed by atoms with E-state index in [0.717, 1.165) is 12.1 Å². The molecule has 194 valence electrons. The molecule has 0 unspecified atom stereocenters. The molecule has 37 heavy (non-hydrogen) atoms. The SMILES string of the molecule is CCOC(=O)c1[nH]c2ccc(Oc3ccc(OC(F)(F)F)cc3)c(-c3ccc(OC(C)C)cc3)c2c1Cl. The highest BCUT2D eigenvalue weighted by Crippen LogP contribution is 2.44. The summed E-state index contributed by atoms with van der Waals surface area (Å²) in [5.41, 5.74) is 1.96. The van der Waals surface area contributed by atoms with Gasteiger partial charge in [0.25, 0.3) is 0 Å². The van der Waals surface area contributed by atoms with Crippen molar-refractivity contribution in [1.82, 2.24) is 4.98 Å².